The smallest absolute Gasteiger partial charge is 0.462 e. The van der Waals surface area contributed by atoms with E-state index in [4.69, 9.17) is 23.3 Å². The SMILES string of the molecule is CCCCC/C=C\C/C=C\CCCCCCCCCCCC(=O)OCC(COP(=O)(O)OCC(CO)OC(=O)CCCCCCCCCCC/C=C\CCCCCCCC)OC(=O)CCCCCCCCCCC/C=C\C/C=C\CCCCC. The van der Waals surface area contributed by atoms with E-state index in [-0.39, 0.29) is 25.9 Å². The van der Waals surface area contributed by atoms with Crippen LogP contribution in [0, 0.1) is 0 Å². The van der Waals surface area contributed by atoms with Gasteiger partial charge in [-0.25, -0.2) is 4.57 Å². The van der Waals surface area contributed by atoms with Crippen LogP contribution in [0.5, 0.6) is 0 Å². The Balaban J connectivity index is 4.66. The lowest BCUT2D eigenvalue weighted by Crippen LogP contribution is -2.30. The molecule has 0 heterocycles. The van der Waals surface area contributed by atoms with Crippen molar-refractivity contribution in [1.29, 1.82) is 0 Å². The van der Waals surface area contributed by atoms with Gasteiger partial charge in [0.15, 0.2) is 6.10 Å². The number of rotatable bonds is 66. The fourth-order valence-electron chi connectivity index (χ4n) is 10.0. The molecular weight excluding hydrogens is 1070 g/mol. The van der Waals surface area contributed by atoms with Crippen LogP contribution in [0.25, 0.3) is 0 Å². The van der Waals surface area contributed by atoms with Crippen LogP contribution in [-0.4, -0.2) is 66.5 Å². The van der Waals surface area contributed by atoms with Crippen molar-refractivity contribution in [3.63, 3.8) is 0 Å². The third-order valence-corrected chi connectivity index (χ3v) is 16.3. The Morgan fingerprint density at radius 3 is 0.917 bits per heavy atom. The Morgan fingerprint density at radius 2 is 0.583 bits per heavy atom. The molecule has 3 atom stereocenters. The zero-order valence-electron chi connectivity index (χ0n) is 54.6. The van der Waals surface area contributed by atoms with Gasteiger partial charge in [-0.2, -0.15) is 0 Å². The second-order valence-corrected chi connectivity index (χ2v) is 25.1. The first kappa shape index (κ1) is 81.2. The molecule has 0 aromatic heterocycles. The van der Waals surface area contributed by atoms with Gasteiger partial charge in [0.1, 0.15) is 12.7 Å². The summed E-state index contributed by atoms with van der Waals surface area (Å²) < 4.78 is 39.8. The predicted molar refractivity (Wildman–Crippen MR) is 353 cm³/mol. The van der Waals surface area contributed by atoms with Crippen molar-refractivity contribution in [3.8, 4) is 0 Å². The second kappa shape index (κ2) is 66.1. The van der Waals surface area contributed by atoms with Crippen LogP contribution < -0.4 is 0 Å². The van der Waals surface area contributed by atoms with Gasteiger partial charge in [0.25, 0.3) is 0 Å². The molecule has 12 heteroatoms. The zero-order valence-corrected chi connectivity index (χ0v) is 55.5. The summed E-state index contributed by atoms with van der Waals surface area (Å²) in [5, 5.41) is 9.89. The van der Waals surface area contributed by atoms with E-state index in [2.05, 4.69) is 81.5 Å². The molecular formula is C72H131O11P. The van der Waals surface area contributed by atoms with E-state index in [1.807, 2.05) is 0 Å². The first-order valence-corrected chi connectivity index (χ1v) is 36.7. The van der Waals surface area contributed by atoms with Crippen molar-refractivity contribution in [1.82, 2.24) is 0 Å². The van der Waals surface area contributed by atoms with Crippen LogP contribution in [0.4, 0.5) is 0 Å². The summed E-state index contributed by atoms with van der Waals surface area (Å²) in [4.78, 5) is 48.9. The van der Waals surface area contributed by atoms with E-state index in [1.165, 1.54) is 199 Å². The molecule has 0 aliphatic rings. The summed E-state index contributed by atoms with van der Waals surface area (Å²) in [6.45, 7) is 4.66. The number of aliphatic hydroxyl groups excluding tert-OH is 1. The van der Waals surface area contributed by atoms with Gasteiger partial charge in [-0.1, -0.05) is 274 Å². The van der Waals surface area contributed by atoms with Gasteiger partial charge in [-0.3, -0.25) is 23.4 Å². The minimum atomic E-state index is -4.76. The molecule has 490 valence electrons. The van der Waals surface area contributed by atoms with Gasteiger partial charge in [0, 0.05) is 19.3 Å². The third-order valence-electron chi connectivity index (χ3n) is 15.4. The van der Waals surface area contributed by atoms with E-state index in [0.29, 0.717) is 19.3 Å². The Labute approximate surface area is 516 Å². The lowest BCUT2D eigenvalue weighted by atomic mass is 10.1. The summed E-state index contributed by atoms with van der Waals surface area (Å²) in [5.41, 5.74) is 0. The number of phosphoric ester groups is 1. The number of phosphoric acid groups is 1. The standard InChI is InChI=1S/C72H131O11P/c1-4-7-10-13-16-19-22-25-28-31-34-37-40-43-46-49-52-55-58-61-70(74)79-65-69(83-72(76)63-60-57-54-51-48-45-42-39-36-33-30-27-24-21-18-15-12-9-6-3)67-81-84(77,78)80-66-68(64-73)82-71(75)62-59-56-53-50-47-44-41-38-35-32-29-26-23-20-17-14-11-8-5-2/h16,18-19,21,25-30,68-69,73H,4-15,17,20,22-24,31-67H2,1-3H3,(H,77,78)/b19-16-,21-18-,28-25-,29-26-,30-27-. The van der Waals surface area contributed by atoms with Crippen molar-refractivity contribution in [2.24, 2.45) is 0 Å². The predicted octanol–water partition coefficient (Wildman–Crippen LogP) is 21.8. The van der Waals surface area contributed by atoms with E-state index in [1.54, 1.807) is 0 Å². The Kier molecular flexibility index (Phi) is 63.9. The van der Waals surface area contributed by atoms with Gasteiger partial charge in [0.05, 0.1) is 19.8 Å². The lowest BCUT2D eigenvalue weighted by molar-refractivity contribution is -0.161. The summed E-state index contributed by atoms with van der Waals surface area (Å²) >= 11 is 0. The van der Waals surface area contributed by atoms with Crippen LogP contribution in [0.2, 0.25) is 0 Å². The van der Waals surface area contributed by atoms with Crippen molar-refractivity contribution >= 4 is 25.7 Å². The molecule has 0 aliphatic carbocycles. The molecule has 0 saturated heterocycles. The van der Waals surface area contributed by atoms with Crippen LogP contribution in [-0.2, 0) is 42.2 Å². The first-order chi connectivity index (χ1) is 41.2. The van der Waals surface area contributed by atoms with Crippen LogP contribution >= 0.6 is 7.82 Å². The number of allylic oxidation sites excluding steroid dienone is 10. The number of carbonyl (C=O) groups is 3. The molecule has 84 heavy (non-hydrogen) atoms. The van der Waals surface area contributed by atoms with E-state index >= 15 is 0 Å². The van der Waals surface area contributed by atoms with Gasteiger partial charge in [-0.15, -0.1) is 0 Å². The molecule has 11 nitrogen and oxygen atoms in total. The molecule has 0 aliphatic heterocycles. The summed E-state index contributed by atoms with van der Waals surface area (Å²) in [6.07, 6.45) is 75.9. The van der Waals surface area contributed by atoms with E-state index in [9.17, 15) is 28.9 Å². The van der Waals surface area contributed by atoms with Crippen molar-refractivity contribution in [3.05, 3.63) is 60.8 Å². The Morgan fingerprint density at radius 1 is 0.333 bits per heavy atom. The number of esters is 3. The number of hydrogen-bond acceptors (Lipinski definition) is 10. The molecule has 0 amide bonds. The Hall–Kier alpha value is -2.82. The highest BCUT2D eigenvalue weighted by molar-refractivity contribution is 7.47. The number of unbranched alkanes of at least 4 members (excludes halogenated alkanes) is 39. The highest BCUT2D eigenvalue weighted by atomic mass is 31.2. The Bertz CT molecular complexity index is 1640. The van der Waals surface area contributed by atoms with Crippen LogP contribution in [0.15, 0.2) is 60.8 Å². The fourth-order valence-corrected chi connectivity index (χ4v) is 10.8. The van der Waals surface area contributed by atoms with Gasteiger partial charge in [-0.05, 0) is 109 Å². The van der Waals surface area contributed by atoms with Gasteiger partial charge >= 0.3 is 25.7 Å². The molecule has 0 bridgehead atoms. The maximum absolute atomic E-state index is 13.0. The molecule has 0 saturated carbocycles. The molecule has 3 unspecified atom stereocenters. The average molecular weight is 1200 g/mol. The molecule has 0 radical (unpaired) electrons. The van der Waals surface area contributed by atoms with Crippen LogP contribution in [0.1, 0.15) is 342 Å². The summed E-state index contributed by atoms with van der Waals surface area (Å²) in [7, 11) is -4.76. The van der Waals surface area contributed by atoms with Gasteiger partial charge in [0.2, 0.25) is 0 Å². The quantitative estimate of drug-likeness (QED) is 0.0197. The normalized spacial score (nSPS) is 13.5. The highest BCUT2D eigenvalue weighted by Crippen LogP contribution is 2.43. The number of aliphatic hydroxyl groups is 1. The molecule has 0 aromatic carbocycles. The molecule has 0 rings (SSSR count). The monoisotopic (exact) mass is 1200 g/mol. The number of ether oxygens (including phenoxy) is 3. The van der Waals surface area contributed by atoms with Crippen molar-refractivity contribution in [2.45, 2.75) is 354 Å². The third kappa shape index (κ3) is 63.7. The minimum Gasteiger partial charge on any atom is -0.462 e. The van der Waals surface area contributed by atoms with Crippen molar-refractivity contribution in [2.75, 3.05) is 26.4 Å². The molecule has 2 N–H and O–H groups in total. The molecule has 0 fully saturated rings. The minimum absolute atomic E-state index is 0.163. The summed E-state index contributed by atoms with van der Waals surface area (Å²) in [5.74, 6) is -1.45. The van der Waals surface area contributed by atoms with E-state index in [0.717, 1.165) is 83.5 Å². The topological polar surface area (TPSA) is 155 Å². The van der Waals surface area contributed by atoms with E-state index < -0.39 is 57.8 Å². The first-order valence-electron chi connectivity index (χ1n) is 35.2. The lowest BCUT2D eigenvalue weighted by Gasteiger charge is -2.21. The van der Waals surface area contributed by atoms with Crippen molar-refractivity contribution < 1.29 is 52.2 Å². The molecule has 0 aromatic rings. The van der Waals surface area contributed by atoms with Crippen LogP contribution in [0.3, 0.4) is 0 Å². The number of carbonyl (C=O) groups excluding carboxylic acids is 3. The maximum atomic E-state index is 13.0. The average Bonchev–Trinajstić information content (AvgIpc) is 3.55. The zero-order chi connectivity index (χ0) is 61.2. The molecule has 0 spiro atoms. The largest absolute Gasteiger partial charge is 0.472 e. The summed E-state index contributed by atoms with van der Waals surface area (Å²) in [6, 6.07) is 0. The fraction of sp³-hybridized carbons (Fsp3) is 0.819. The highest BCUT2D eigenvalue weighted by Gasteiger charge is 2.28. The maximum Gasteiger partial charge on any atom is 0.472 e. The van der Waals surface area contributed by atoms with Gasteiger partial charge < -0.3 is 24.2 Å². The number of hydrogen-bond donors (Lipinski definition) is 2. The second-order valence-electron chi connectivity index (χ2n) is 23.7.